The first-order valence-corrected chi connectivity index (χ1v) is 16.9. The van der Waals surface area contributed by atoms with Crippen molar-refractivity contribution in [3.63, 3.8) is 0 Å². The molecule has 11 nitrogen and oxygen atoms in total. The number of hydrogen-bond donors (Lipinski definition) is 0. The van der Waals surface area contributed by atoms with Gasteiger partial charge in [-0.05, 0) is 69.4 Å². The summed E-state index contributed by atoms with van der Waals surface area (Å²) in [4.78, 5) is 29.7. The lowest BCUT2D eigenvalue weighted by Gasteiger charge is -2.65. The number of ether oxygens (including phenoxy) is 1. The molecule has 1 atom stereocenters. The molecule has 14 heteroatoms. The van der Waals surface area contributed by atoms with Gasteiger partial charge in [-0.3, -0.25) is 19.6 Å². The number of carbonyl (C=O) groups is 1. The number of methoxy groups -OCH3 is 1. The zero-order valence-electron chi connectivity index (χ0n) is 26.4. The summed E-state index contributed by atoms with van der Waals surface area (Å²) in [7, 11) is -1.12. The van der Waals surface area contributed by atoms with E-state index >= 15 is 13.6 Å². The zero-order valence-corrected chi connectivity index (χ0v) is 27.2. The summed E-state index contributed by atoms with van der Waals surface area (Å²) < 4.78 is 65.0. The standard InChI is InChI=1S/C33H35F2N7O4S/c1-31(34,35)29-25(5-4-12-37-29)33(41-20-32(21-41)18-40(19-32)23-10-13-39(2)14-11-23)26-15-22(16-36)6-8-27(26)42(30(33)43)47(44,45)28-9-7-24(46-3)17-38-28/h4-9,12,15,17,23H,10-11,13-14,18-21H2,1-3H3. The third-order valence-corrected chi connectivity index (χ3v) is 11.7. The Morgan fingerprint density at radius 3 is 2.38 bits per heavy atom. The number of nitrogens with zero attached hydrogens (tertiary/aromatic N) is 7. The predicted octanol–water partition coefficient (Wildman–Crippen LogP) is 3.16. The van der Waals surface area contributed by atoms with E-state index in [1.165, 1.54) is 62.0 Å². The number of aromatic nitrogens is 2. The van der Waals surface area contributed by atoms with Crippen molar-refractivity contribution in [1.29, 1.82) is 5.26 Å². The third-order valence-electron chi connectivity index (χ3n) is 10.1. The van der Waals surface area contributed by atoms with Gasteiger partial charge in [0.05, 0.1) is 30.6 Å². The van der Waals surface area contributed by atoms with Crippen molar-refractivity contribution >= 4 is 21.6 Å². The van der Waals surface area contributed by atoms with Crippen LogP contribution in [0.3, 0.4) is 0 Å². The fourth-order valence-corrected chi connectivity index (χ4v) is 9.22. The van der Waals surface area contributed by atoms with E-state index in [1.807, 2.05) is 0 Å². The van der Waals surface area contributed by atoms with E-state index in [0.717, 1.165) is 39.0 Å². The van der Waals surface area contributed by atoms with E-state index in [-0.39, 0.29) is 27.8 Å². The smallest absolute Gasteiger partial charge is 0.288 e. The summed E-state index contributed by atoms with van der Waals surface area (Å²) in [5.74, 6) is -4.10. The Labute approximate surface area is 272 Å². The molecule has 3 fully saturated rings. The van der Waals surface area contributed by atoms with Crippen molar-refractivity contribution in [1.82, 2.24) is 24.7 Å². The quantitative estimate of drug-likeness (QED) is 0.373. The van der Waals surface area contributed by atoms with Crippen LogP contribution < -0.4 is 9.04 Å². The molecule has 3 saturated heterocycles. The van der Waals surface area contributed by atoms with Crippen LogP contribution in [0.4, 0.5) is 14.5 Å². The SMILES string of the molecule is COc1ccc(S(=O)(=O)N2C(=O)C(c3cccnc3C(C)(F)F)(N3CC4(CN(C5CCN(C)CC5)C4)C3)c3cc(C#N)ccc32)nc1. The second-order valence-corrected chi connectivity index (χ2v) is 15.0. The minimum absolute atomic E-state index is 0.0247. The highest BCUT2D eigenvalue weighted by atomic mass is 32.2. The van der Waals surface area contributed by atoms with Crippen LogP contribution in [0.25, 0.3) is 0 Å². The molecule has 6 heterocycles. The molecule has 1 amide bonds. The fraction of sp³-hybridized carbons (Fsp3) is 0.455. The Bertz CT molecular complexity index is 1870. The van der Waals surface area contributed by atoms with Crippen molar-refractivity contribution in [3.05, 3.63) is 77.2 Å². The molecule has 3 aromatic rings. The molecule has 1 unspecified atom stereocenters. The van der Waals surface area contributed by atoms with Crippen LogP contribution in [0.5, 0.6) is 5.75 Å². The summed E-state index contributed by atoms with van der Waals surface area (Å²) in [5, 5.41) is 9.46. The highest BCUT2D eigenvalue weighted by molar-refractivity contribution is 7.93. The first-order valence-electron chi connectivity index (χ1n) is 15.5. The summed E-state index contributed by atoms with van der Waals surface area (Å²) in [6.45, 7) is 5.10. The van der Waals surface area contributed by atoms with E-state index in [9.17, 15) is 13.7 Å². The second kappa shape index (κ2) is 11.0. The largest absolute Gasteiger partial charge is 0.495 e. The van der Waals surface area contributed by atoms with Crippen molar-refractivity contribution in [2.45, 2.75) is 42.3 Å². The zero-order chi connectivity index (χ0) is 33.4. The van der Waals surface area contributed by atoms with Gasteiger partial charge in [0.1, 0.15) is 11.4 Å². The van der Waals surface area contributed by atoms with Gasteiger partial charge in [0, 0.05) is 61.9 Å². The van der Waals surface area contributed by atoms with Crippen LogP contribution in [0.1, 0.15) is 42.1 Å². The van der Waals surface area contributed by atoms with Gasteiger partial charge in [-0.2, -0.15) is 26.8 Å². The maximum absolute atomic E-state index is 15.3. The average molecular weight is 664 g/mol. The molecule has 4 aliphatic heterocycles. The highest BCUT2D eigenvalue weighted by Crippen LogP contribution is 2.57. The fourth-order valence-electron chi connectivity index (χ4n) is 7.83. The monoisotopic (exact) mass is 663 g/mol. The van der Waals surface area contributed by atoms with Crippen LogP contribution >= 0.6 is 0 Å². The van der Waals surface area contributed by atoms with Gasteiger partial charge < -0.3 is 9.64 Å². The number of sulfonamides is 1. The lowest BCUT2D eigenvalue weighted by atomic mass is 9.67. The Kier molecular flexibility index (Phi) is 7.40. The lowest BCUT2D eigenvalue weighted by molar-refractivity contribution is -0.170. The van der Waals surface area contributed by atoms with Crippen LogP contribution in [0.15, 0.2) is 59.9 Å². The van der Waals surface area contributed by atoms with Gasteiger partial charge in [0.15, 0.2) is 10.6 Å². The number of likely N-dealkylation sites (tertiary alicyclic amines) is 3. The Balaban J connectivity index is 1.35. The third kappa shape index (κ3) is 4.82. The van der Waals surface area contributed by atoms with Crippen molar-refractivity contribution < 1.29 is 26.7 Å². The van der Waals surface area contributed by atoms with Gasteiger partial charge in [-0.25, -0.2) is 4.98 Å². The number of carbonyl (C=O) groups excluding carboxylic acids is 1. The van der Waals surface area contributed by atoms with Crippen LogP contribution in [-0.4, -0.2) is 98.5 Å². The molecule has 0 N–H and O–H groups in total. The summed E-state index contributed by atoms with van der Waals surface area (Å²) >= 11 is 0. The molecule has 246 valence electrons. The summed E-state index contributed by atoms with van der Waals surface area (Å²) in [6, 6.07) is 12.3. The van der Waals surface area contributed by atoms with Crippen LogP contribution in [0.2, 0.25) is 0 Å². The first-order chi connectivity index (χ1) is 22.3. The minimum Gasteiger partial charge on any atom is -0.495 e. The van der Waals surface area contributed by atoms with E-state index in [0.29, 0.717) is 36.1 Å². The topological polar surface area (TPSA) is 123 Å². The molecule has 0 aliphatic carbocycles. The molecule has 0 radical (unpaired) electrons. The Morgan fingerprint density at radius 2 is 1.77 bits per heavy atom. The van der Waals surface area contributed by atoms with Gasteiger partial charge in [0.25, 0.3) is 21.9 Å². The van der Waals surface area contributed by atoms with Gasteiger partial charge in [-0.1, -0.05) is 6.07 Å². The Morgan fingerprint density at radius 1 is 1.04 bits per heavy atom. The molecule has 0 bridgehead atoms. The molecule has 1 spiro atoms. The number of benzene rings is 1. The van der Waals surface area contributed by atoms with Crippen LogP contribution in [-0.2, 0) is 26.3 Å². The van der Waals surface area contributed by atoms with E-state index in [4.69, 9.17) is 4.74 Å². The average Bonchev–Trinajstić information content (AvgIpc) is 3.28. The number of piperidine rings is 1. The summed E-state index contributed by atoms with van der Waals surface area (Å²) in [5.41, 5.74) is -2.65. The number of amides is 1. The van der Waals surface area contributed by atoms with Gasteiger partial charge in [0.2, 0.25) is 0 Å². The molecule has 4 aliphatic rings. The van der Waals surface area contributed by atoms with Gasteiger partial charge in [-0.15, -0.1) is 0 Å². The number of halogens is 2. The normalized spacial score (nSPS) is 23.7. The number of alkyl halides is 2. The van der Waals surface area contributed by atoms with Gasteiger partial charge >= 0.3 is 0 Å². The molecule has 47 heavy (non-hydrogen) atoms. The Hall–Kier alpha value is -4.03. The lowest BCUT2D eigenvalue weighted by Crippen LogP contribution is -2.77. The molecule has 1 aromatic carbocycles. The maximum atomic E-state index is 15.3. The molecule has 2 aromatic heterocycles. The molecule has 0 saturated carbocycles. The molecular weight excluding hydrogens is 628 g/mol. The van der Waals surface area contributed by atoms with E-state index in [1.54, 1.807) is 4.90 Å². The number of fused-ring (bicyclic) bond motifs is 1. The second-order valence-electron chi connectivity index (χ2n) is 13.2. The van der Waals surface area contributed by atoms with Crippen molar-refractivity contribution in [3.8, 4) is 11.8 Å². The maximum Gasteiger partial charge on any atom is 0.288 e. The number of hydrogen-bond acceptors (Lipinski definition) is 10. The molecular formula is C33H35F2N7O4S. The number of nitriles is 1. The highest BCUT2D eigenvalue weighted by Gasteiger charge is 2.67. The first kappa shape index (κ1) is 31.6. The van der Waals surface area contributed by atoms with Crippen molar-refractivity contribution in [2.24, 2.45) is 5.41 Å². The minimum atomic E-state index is -4.65. The number of rotatable bonds is 7. The van der Waals surface area contributed by atoms with E-state index < -0.39 is 38.1 Å². The molecule has 7 rings (SSSR count). The summed E-state index contributed by atoms with van der Waals surface area (Å²) in [6.07, 6.45) is 4.59. The number of anilines is 1. The van der Waals surface area contributed by atoms with E-state index in [2.05, 4.69) is 32.9 Å². The number of pyridine rings is 2. The van der Waals surface area contributed by atoms with Crippen LogP contribution in [0, 0.1) is 16.7 Å². The van der Waals surface area contributed by atoms with Crippen molar-refractivity contribution in [2.75, 3.05) is 57.7 Å². The predicted molar refractivity (Wildman–Crippen MR) is 167 cm³/mol.